The van der Waals surface area contributed by atoms with Crippen LogP contribution in [-0.2, 0) is 9.53 Å². The summed E-state index contributed by atoms with van der Waals surface area (Å²) in [5.74, 6) is -6.12. The Morgan fingerprint density at radius 2 is 1.65 bits per heavy atom. The van der Waals surface area contributed by atoms with Gasteiger partial charge in [0.25, 0.3) is 0 Å². The first kappa shape index (κ1) is 21.9. The number of benzene rings is 1. The van der Waals surface area contributed by atoms with Crippen molar-refractivity contribution in [1.29, 1.82) is 0 Å². The third-order valence-corrected chi connectivity index (χ3v) is 3.42. The maximum atomic E-state index is 13.9. The molecule has 1 aromatic rings. The van der Waals surface area contributed by atoms with Gasteiger partial charge in [0.2, 0.25) is 0 Å². The predicted molar refractivity (Wildman–Crippen MR) is 81.7 cm³/mol. The van der Waals surface area contributed by atoms with E-state index >= 15 is 0 Å². The van der Waals surface area contributed by atoms with Crippen LogP contribution in [0.25, 0.3) is 0 Å². The molecule has 0 saturated carbocycles. The Labute approximate surface area is 147 Å². The molecule has 0 amide bonds. The Bertz CT molecular complexity index is 620. The lowest BCUT2D eigenvalue weighted by Gasteiger charge is -2.21. The van der Waals surface area contributed by atoms with E-state index < -0.39 is 53.6 Å². The van der Waals surface area contributed by atoms with Gasteiger partial charge in [-0.15, -0.1) is 0 Å². The normalized spacial score (nSPS) is 12.6. The Hall–Kier alpha value is -2.19. The average molecular weight is 382 g/mol. The molecule has 0 fully saturated rings. The van der Waals surface area contributed by atoms with Crippen LogP contribution in [-0.4, -0.2) is 24.2 Å². The fourth-order valence-corrected chi connectivity index (χ4v) is 2.20. The second-order valence-electron chi connectivity index (χ2n) is 5.64. The number of hydrogen-bond acceptors (Lipinski definition) is 4. The number of hydrogen-bond donors (Lipinski definition) is 0. The predicted octanol–water partition coefficient (Wildman–Crippen LogP) is 4.95. The quantitative estimate of drug-likeness (QED) is 0.276. The zero-order valence-electron chi connectivity index (χ0n) is 14.3. The van der Waals surface area contributed by atoms with Crippen molar-refractivity contribution in [3.05, 3.63) is 29.3 Å². The number of rotatable bonds is 8. The number of alkyl halides is 3. The molecular weight excluding hydrogens is 363 g/mol. The molecule has 146 valence electrons. The molecule has 9 heteroatoms. The summed E-state index contributed by atoms with van der Waals surface area (Å²) in [5, 5.41) is 0. The SMILES string of the molecule is CCCCCCC(OC(=O)c1c(F)cc(OC(C)=O)cc1F)C(F)(F)F. The van der Waals surface area contributed by atoms with E-state index in [1.807, 2.05) is 6.92 Å². The highest BCUT2D eigenvalue weighted by molar-refractivity contribution is 5.90. The van der Waals surface area contributed by atoms with Crippen LogP contribution < -0.4 is 4.74 Å². The van der Waals surface area contributed by atoms with Gasteiger partial charge in [-0.1, -0.05) is 26.2 Å². The minimum Gasteiger partial charge on any atom is -0.449 e. The third kappa shape index (κ3) is 6.61. The molecule has 0 saturated heterocycles. The maximum absolute atomic E-state index is 13.9. The van der Waals surface area contributed by atoms with Crippen LogP contribution >= 0.6 is 0 Å². The van der Waals surface area contributed by atoms with Crippen LogP contribution in [0.3, 0.4) is 0 Å². The lowest BCUT2D eigenvalue weighted by atomic mass is 10.1. The van der Waals surface area contributed by atoms with Crippen molar-refractivity contribution < 1.29 is 41.0 Å². The van der Waals surface area contributed by atoms with Crippen molar-refractivity contribution in [2.24, 2.45) is 0 Å². The molecule has 0 aliphatic rings. The van der Waals surface area contributed by atoms with Gasteiger partial charge in [0.15, 0.2) is 6.10 Å². The van der Waals surface area contributed by atoms with Crippen LogP contribution in [0.4, 0.5) is 22.0 Å². The summed E-state index contributed by atoms with van der Waals surface area (Å²) in [7, 11) is 0. The first-order valence-corrected chi connectivity index (χ1v) is 8.01. The van der Waals surface area contributed by atoms with Gasteiger partial charge in [0.1, 0.15) is 22.9 Å². The standard InChI is InChI=1S/C17H19F5O4/c1-3-4-5-6-7-14(17(20,21)22)26-16(24)15-12(18)8-11(9-13(15)19)25-10(2)23/h8-9,14H,3-7H2,1-2H3. The van der Waals surface area contributed by atoms with E-state index in [1.165, 1.54) is 0 Å². The van der Waals surface area contributed by atoms with Crippen molar-refractivity contribution in [1.82, 2.24) is 0 Å². The molecule has 0 N–H and O–H groups in total. The number of carbonyl (C=O) groups is 2. The lowest BCUT2D eigenvalue weighted by Crippen LogP contribution is -2.34. The van der Waals surface area contributed by atoms with Gasteiger partial charge in [0.05, 0.1) is 0 Å². The minimum absolute atomic E-state index is 0.154. The van der Waals surface area contributed by atoms with Gasteiger partial charge < -0.3 is 9.47 Å². The van der Waals surface area contributed by atoms with Gasteiger partial charge >= 0.3 is 18.1 Å². The van der Waals surface area contributed by atoms with Crippen molar-refractivity contribution in [2.45, 2.75) is 58.2 Å². The van der Waals surface area contributed by atoms with E-state index in [4.69, 9.17) is 0 Å². The van der Waals surface area contributed by atoms with E-state index in [0.29, 0.717) is 18.6 Å². The highest BCUT2D eigenvalue weighted by atomic mass is 19.4. The number of unbranched alkanes of at least 4 members (excludes halogenated alkanes) is 3. The first-order valence-electron chi connectivity index (χ1n) is 8.01. The second kappa shape index (κ2) is 9.49. The molecule has 0 aliphatic carbocycles. The largest absolute Gasteiger partial charge is 0.449 e. The average Bonchev–Trinajstić information content (AvgIpc) is 2.47. The number of carbonyl (C=O) groups excluding carboxylic acids is 2. The zero-order chi connectivity index (χ0) is 19.9. The lowest BCUT2D eigenvalue weighted by molar-refractivity contribution is -0.206. The van der Waals surface area contributed by atoms with Crippen LogP contribution in [0.2, 0.25) is 0 Å². The minimum atomic E-state index is -4.85. The number of halogens is 5. The maximum Gasteiger partial charge on any atom is 0.425 e. The Kier molecular flexibility index (Phi) is 7.98. The van der Waals surface area contributed by atoms with Gasteiger partial charge in [-0.2, -0.15) is 13.2 Å². The highest BCUT2D eigenvalue weighted by Gasteiger charge is 2.43. The van der Waals surface area contributed by atoms with E-state index in [-0.39, 0.29) is 6.42 Å². The Balaban J connectivity index is 2.93. The van der Waals surface area contributed by atoms with Crippen molar-refractivity contribution in [3.63, 3.8) is 0 Å². The Morgan fingerprint density at radius 1 is 1.08 bits per heavy atom. The highest BCUT2D eigenvalue weighted by Crippen LogP contribution is 2.29. The topological polar surface area (TPSA) is 52.6 Å². The van der Waals surface area contributed by atoms with Gasteiger partial charge in [-0.05, 0) is 12.8 Å². The summed E-state index contributed by atoms with van der Waals surface area (Å²) in [4.78, 5) is 22.6. The fourth-order valence-electron chi connectivity index (χ4n) is 2.20. The zero-order valence-corrected chi connectivity index (χ0v) is 14.3. The third-order valence-electron chi connectivity index (χ3n) is 3.42. The summed E-state index contributed by atoms with van der Waals surface area (Å²) in [5.41, 5.74) is -1.27. The summed E-state index contributed by atoms with van der Waals surface area (Å²) in [6.07, 6.45) is -5.61. The van der Waals surface area contributed by atoms with Crippen molar-refractivity contribution in [3.8, 4) is 5.75 Å². The van der Waals surface area contributed by atoms with Crippen LogP contribution in [0, 0.1) is 11.6 Å². The molecule has 1 unspecified atom stereocenters. The van der Waals surface area contributed by atoms with Crippen LogP contribution in [0.5, 0.6) is 5.75 Å². The molecule has 0 spiro atoms. The monoisotopic (exact) mass is 382 g/mol. The molecule has 4 nitrogen and oxygen atoms in total. The van der Waals surface area contributed by atoms with Gasteiger partial charge in [-0.25, -0.2) is 13.6 Å². The van der Waals surface area contributed by atoms with Crippen molar-refractivity contribution in [2.75, 3.05) is 0 Å². The molecule has 1 atom stereocenters. The number of esters is 2. The van der Waals surface area contributed by atoms with Gasteiger partial charge in [-0.3, -0.25) is 4.79 Å². The van der Waals surface area contributed by atoms with Crippen LogP contribution in [0.1, 0.15) is 56.3 Å². The molecule has 0 radical (unpaired) electrons. The molecule has 1 aromatic carbocycles. The molecule has 0 aliphatic heterocycles. The molecule has 1 rings (SSSR count). The summed E-state index contributed by atoms with van der Waals surface area (Å²) >= 11 is 0. The molecule has 0 aromatic heterocycles. The molecule has 0 bridgehead atoms. The summed E-state index contributed by atoms with van der Waals surface area (Å²) < 4.78 is 75.6. The summed E-state index contributed by atoms with van der Waals surface area (Å²) in [6, 6.07) is 1.04. The van der Waals surface area contributed by atoms with Gasteiger partial charge in [0, 0.05) is 19.1 Å². The molecular formula is C17H19F5O4. The van der Waals surface area contributed by atoms with E-state index in [9.17, 15) is 31.5 Å². The first-order chi connectivity index (χ1) is 12.1. The fraction of sp³-hybridized carbons (Fsp3) is 0.529. The van der Waals surface area contributed by atoms with Crippen molar-refractivity contribution >= 4 is 11.9 Å². The smallest absolute Gasteiger partial charge is 0.425 e. The van der Waals surface area contributed by atoms with Crippen LogP contribution in [0.15, 0.2) is 12.1 Å². The Morgan fingerprint density at radius 3 is 2.12 bits per heavy atom. The van der Waals surface area contributed by atoms with E-state index in [2.05, 4.69) is 9.47 Å². The summed E-state index contributed by atoms with van der Waals surface area (Å²) in [6.45, 7) is 2.87. The second-order valence-corrected chi connectivity index (χ2v) is 5.64. The molecule has 26 heavy (non-hydrogen) atoms. The molecule has 0 heterocycles. The van der Waals surface area contributed by atoms with E-state index in [1.54, 1.807) is 0 Å². The number of ether oxygens (including phenoxy) is 2. The van der Waals surface area contributed by atoms with E-state index in [0.717, 1.165) is 19.8 Å².